The smallest absolute Gasteiger partial charge is 0.191 e. The molecule has 1 aliphatic carbocycles. The highest BCUT2D eigenvalue weighted by molar-refractivity contribution is 14.0. The molecule has 1 aliphatic rings. The van der Waals surface area contributed by atoms with Crippen LogP contribution in [0.3, 0.4) is 0 Å². The van der Waals surface area contributed by atoms with E-state index < -0.39 is 0 Å². The number of aromatic nitrogens is 3. The van der Waals surface area contributed by atoms with Crippen molar-refractivity contribution in [1.82, 2.24) is 25.2 Å². The van der Waals surface area contributed by atoms with Gasteiger partial charge in [-0.2, -0.15) is 0 Å². The average Bonchev–Trinajstić information content (AvgIpc) is 3.10. The second-order valence-corrected chi connectivity index (χ2v) is 7.15. The van der Waals surface area contributed by atoms with Gasteiger partial charge in [0.2, 0.25) is 0 Å². The van der Waals surface area contributed by atoms with E-state index in [9.17, 15) is 0 Å². The van der Waals surface area contributed by atoms with Crippen molar-refractivity contribution in [1.29, 1.82) is 0 Å². The zero-order valence-electron chi connectivity index (χ0n) is 16.1. The van der Waals surface area contributed by atoms with Crippen molar-refractivity contribution >= 4 is 35.6 Å². The molecule has 4 rings (SSSR count). The Bertz CT molecular complexity index is 917. The van der Waals surface area contributed by atoms with Crippen LogP contribution < -0.4 is 10.6 Å². The van der Waals surface area contributed by atoms with E-state index in [1.54, 1.807) is 0 Å². The van der Waals surface area contributed by atoms with E-state index in [1.807, 2.05) is 35.8 Å². The van der Waals surface area contributed by atoms with Crippen molar-refractivity contribution in [2.24, 2.45) is 4.99 Å². The molecule has 0 unspecified atom stereocenters. The summed E-state index contributed by atoms with van der Waals surface area (Å²) in [6.45, 7) is 1.66. The second kappa shape index (κ2) is 9.36. The predicted molar refractivity (Wildman–Crippen MR) is 123 cm³/mol. The van der Waals surface area contributed by atoms with Crippen LogP contribution in [-0.2, 0) is 11.8 Å². The minimum Gasteiger partial charge on any atom is -0.356 e. The van der Waals surface area contributed by atoms with Gasteiger partial charge in [-0.15, -0.1) is 34.2 Å². The lowest BCUT2D eigenvalue weighted by Crippen LogP contribution is -2.49. The van der Waals surface area contributed by atoms with Gasteiger partial charge in [-0.05, 0) is 30.5 Å². The van der Waals surface area contributed by atoms with Gasteiger partial charge in [0, 0.05) is 38.2 Å². The van der Waals surface area contributed by atoms with Crippen LogP contribution in [0.15, 0.2) is 59.7 Å². The maximum Gasteiger partial charge on any atom is 0.191 e. The van der Waals surface area contributed by atoms with E-state index in [2.05, 4.69) is 56.2 Å². The van der Waals surface area contributed by atoms with E-state index >= 15 is 0 Å². The topological polar surface area (TPSA) is 66.6 Å². The van der Waals surface area contributed by atoms with Crippen molar-refractivity contribution in [3.63, 3.8) is 0 Å². The summed E-state index contributed by atoms with van der Waals surface area (Å²) in [6, 6.07) is 16.8. The first-order valence-corrected chi connectivity index (χ1v) is 9.59. The highest BCUT2D eigenvalue weighted by atomic mass is 127. The number of nitrogens with zero attached hydrogens (tertiary/aromatic N) is 4. The molecule has 2 heterocycles. The van der Waals surface area contributed by atoms with Gasteiger partial charge in [-0.3, -0.25) is 9.39 Å². The highest BCUT2D eigenvalue weighted by Gasteiger charge is 2.38. The summed E-state index contributed by atoms with van der Waals surface area (Å²) in [5.74, 6) is 1.79. The molecular weight excluding hydrogens is 463 g/mol. The van der Waals surface area contributed by atoms with E-state index in [1.165, 1.54) is 24.8 Å². The summed E-state index contributed by atoms with van der Waals surface area (Å²) in [4.78, 5) is 4.38. The lowest BCUT2D eigenvalue weighted by atomic mass is 9.64. The SMILES string of the molecule is CN=C(NCCc1nnc2ccccn12)NCC1(c2ccccc2)CCC1.I. The van der Waals surface area contributed by atoms with Crippen molar-refractivity contribution in [2.45, 2.75) is 31.1 Å². The molecule has 6 nitrogen and oxygen atoms in total. The number of hydrogen-bond acceptors (Lipinski definition) is 3. The fourth-order valence-corrected chi connectivity index (χ4v) is 3.79. The predicted octanol–water partition coefficient (Wildman–Crippen LogP) is 3.18. The third kappa shape index (κ3) is 4.29. The van der Waals surface area contributed by atoms with Crippen LogP contribution in [0.2, 0.25) is 0 Å². The van der Waals surface area contributed by atoms with Gasteiger partial charge < -0.3 is 10.6 Å². The first-order chi connectivity index (χ1) is 13.3. The minimum atomic E-state index is 0. The number of hydrogen-bond donors (Lipinski definition) is 2. The number of guanidine groups is 1. The Morgan fingerprint density at radius 1 is 1.07 bits per heavy atom. The Hall–Kier alpha value is -2.16. The molecule has 0 atom stereocenters. The van der Waals surface area contributed by atoms with Gasteiger partial charge in [0.15, 0.2) is 11.6 Å². The van der Waals surface area contributed by atoms with Gasteiger partial charge in [0.25, 0.3) is 0 Å². The summed E-state index contributed by atoms with van der Waals surface area (Å²) in [6.07, 6.45) is 6.54. The molecular formula is C21H27IN6. The molecule has 0 amide bonds. The molecule has 0 saturated heterocycles. The lowest BCUT2D eigenvalue weighted by Gasteiger charge is -2.43. The van der Waals surface area contributed by atoms with E-state index in [0.29, 0.717) is 0 Å². The number of nitrogens with one attached hydrogen (secondary N) is 2. The fraction of sp³-hybridized carbons (Fsp3) is 0.381. The molecule has 148 valence electrons. The summed E-state index contributed by atoms with van der Waals surface area (Å²) in [5.41, 5.74) is 2.54. The second-order valence-electron chi connectivity index (χ2n) is 7.15. The highest BCUT2D eigenvalue weighted by Crippen LogP contribution is 2.43. The van der Waals surface area contributed by atoms with E-state index in [0.717, 1.165) is 36.9 Å². The maximum absolute atomic E-state index is 4.38. The van der Waals surface area contributed by atoms with Crippen LogP contribution in [0.1, 0.15) is 30.7 Å². The Morgan fingerprint density at radius 2 is 1.86 bits per heavy atom. The molecule has 7 heteroatoms. The molecule has 2 aromatic heterocycles. The van der Waals surface area contributed by atoms with Gasteiger partial charge in [-0.1, -0.05) is 42.8 Å². The number of pyridine rings is 1. The first kappa shape index (κ1) is 20.6. The van der Waals surface area contributed by atoms with Crippen LogP contribution in [0.5, 0.6) is 0 Å². The van der Waals surface area contributed by atoms with Gasteiger partial charge >= 0.3 is 0 Å². The Morgan fingerprint density at radius 3 is 2.57 bits per heavy atom. The quantitative estimate of drug-likeness (QED) is 0.317. The van der Waals surface area contributed by atoms with Crippen molar-refractivity contribution in [2.75, 3.05) is 20.1 Å². The molecule has 28 heavy (non-hydrogen) atoms. The molecule has 3 aromatic rings. The normalized spacial score (nSPS) is 15.5. The fourth-order valence-electron chi connectivity index (χ4n) is 3.79. The number of rotatable bonds is 6. The van der Waals surface area contributed by atoms with Crippen LogP contribution in [0.4, 0.5) is 0 Å². The van der Waals surface area contributed by atoms with Crippen LogP contribution in [0, 0.1) is 0 Å². The minimum absolute atomic E-state index is 0. The number of fused-ring (bicyclic) bond motifs is 1. The number of benzene rings is 1. The number of aliphatic imine (C=N–C) groups is 1. The zero-order valence-corrected chi connectivity index (χ0v) is 18.5. The van der Waals surface area contributed by atoms with Gasteiger partial charge in [-0.25, -0.2) is 0 Å². The summed E-state index contributed by atoms with van der Waals surface area (Å²) >= 11 is 0. The van der Waals surface area contributed by atoms with Crippen molar-refractivity contribution in [3.8, 4) is 0 Å². The van der Waals surface area contributed by atoms with E-state index in [4.69, 9.17) is 0 Å². The molecule has 0 bridgehead atoms. The third-order valence-electron chi connectivity index (χ3n) is 5.54. The largest absolute Gasteiger partial charge is 0.356 e. The van der Waals surface area contributed by atoms with Crippen molar-refractivity contribution in [3.05, 3.63) is 66.1 Å². The van der Waals surface area contributed by atoms with Crippen molar-refractivity contribution < 1.29 is 0 Å². The average molecular weight is 490 g/mol. The molecule has 1 aromatic carbocycles. The Labute approximate surface area is 182 Å². The number of halogens is 1. The zero-order chi connectivity index (χ0) is 18.5. The third-order valence-corrected chi connectivity index (χ3v) is 5.54. The Balaban J connectivity index is 0.00000225. The van der Waals surface area contributed by atoms with Gasteiger partial charge in [0.1, 0.15) is 5.82 Å². The van der Waals surface area contributed by atoms with E-state index in [-0.39, 0.29) is 29.4 Å². The van der Waals surface area contributed by atoms with Crippen LogP contribution in [-0.4, -0.2) is 40.7 Å². The first-order valence-electron chi connectivity index (χ1n) is 9.59. The standard InChI is InChI=1S/C21H26N6.HI/c1-22-20(23-14-11-19-26-25-18-10-5-6-15-27(18)19)24-16-21(12-7-13-21)17-8-3-2-4-9-17;/h2-6,8-10,15H,7,11-14,16H2,1H3,(H2,22,23,24);1H. The monoisotopic (exact) mass is 490 g/mol. The van der Waals surface area contributed by atoms with Crippen LogP contribution >= 0.6 is 24.0 Å². The van der Waals surface area contributed by atoms with Gasteiger partial charge in [0.05, 0.1) is 0 Å². The molecule has 2 N–H and O–H groups in total. The lowest BCUT2D eigenvalue weighted by molar-refractivity contribution is 0.244. The molecule has 1 fully saturated rings. The summed E-state index contributed by atoms with van der Waals surface area (Å²) < 4.78 is 2.02. The molecule has 0 radical (unpaired) electrons. The van der Waals surface area contributed by atoms with Crippen LogP contribution in [0.25, 0.3) is 5.65 Å². The molecule has 1 saturated carbocycles. The maximum atomic E-state index is 4.38. The summed E-state index contributed by atoms with van der Waals surface area (Å²) in [5, 5.41) is 15.4. The molecule has 0 aliphatic heterocycles. The summed E-state index contributed by atoms with van der Waals surface area (Å²) in [7, 11) is 1.82. The Kier molecular flexibility index (Phi) is 6.88. The molecule has 0 spiro atoms.